The van der Waals surface area contributed by atoms with Crippen molar-refractivity contribution >= 4 is 22.7 Å². The number of hydrogen-bond donors (Lipinski definition) is 0. The molecule has 0 unspecified atom stereocenters. The molecule has 0 fully saturated rings. The van der Waals surface area contributed by atoms with Gasteiger partial charge in [0.15, 0.2) is 0 Å². The third-order valence-electron chi connectivity index (χ3n) is 3.05. The summed E-state index contributed by atoms with van der Waals surface area (Å²) < 4.78 is 6.47. The maximum atomic E-state index is 12.1. The molecule has 0 saturated heterocycles. The maximum Gasteiger partial charge on any atom is 0.423 e. The van der Waals surface area contributed by atoms with E-state index < -0.39 is 11.0 Å². The van der Waals surface area contributed by atoms with Crippen LogP contribution in [0.4, 0.5) is 10.5 Å². The van der Waals surface area contributed by atoms with Crippen LogP contribution in [0.15, 0.2) is 60.8 Å². The van der Waals surface area contributed by atoms with Gasteiger partial charge in [0.1, 0.15) is 5.75 Å². The van der Waals surface area contributed by atoms with Crippen molar-refractivity contribution < 1.29 is 14.5 Å². The van der Waals surface area contributed by atoms with Gasteiger partial charge in [-0.1, -0.05) is 24.3 Å². The quantitative estimate of drug-likeness (QED) is 0.531. The Labute approximate surface area is 119 Å². The van der Waals surface area contributed by atoms with Crippen molar-refractivity contribution in [1.82, 2.24) is 4.57 Å². The fourth-order valence-corrected chi connectivity index (χ4v) is 2.11. The topological polar surface area (TPSA) is 74.4 Å². The second-order valence-corrected chi connectivity index (χ2v) is 4.33. The van der Waals surface area contributed by atoms with E-state index in [-0.39, 0.29) is 5.69 Å². The highest BCUT2D eigenvalue weighted by atomic mass is 16.6. The number of hydrogen-bond acceptors (Lipinski definition) is 4. The van der Waals surface area contributed by atoms with Gasteiger partial charge in [-0.2, -0.15) is 0 Å². The van der Waals surface area contributed by atoms with Gasteiger partial charge in [-0.25, -0.2) is 4.79 Å². The van der Waals surface area contributed by atoms with Gasteiger partial charge in [0.25, 0.3) is 5.69 Å². The van der Waals surface area contributed by atoms with E-state index in [0.29, 0.717) is 16.7 Å². The number of carbonyl (C=O) groups excluding carboxylic acids is 1. The number of rotatable bonds is 2. The Kier molecular flexibility index (Phi) is 3.12. The van der Waals surface area contributed by atoms with E-state index >= 15 is 0 Å². The molecule has 6 heteroatoms. The number of nitrogens with zero attached hydrogens (tertiary/aromatic N) is 2. The standard InChI is InChI=1S/C15H10N2O4/c18-15(21-11-5-2-1-3-6-11)16-10-9-12-13(16)7-4-8-14(12)17(19)20/h1-10H. The minimum Gasteiger partial charge on any atom is -0.410 e. The predicted octanol–water partition coefficient (Wildman–Crippen LogP) is 3.60. The highest BCUT2D eigenvalue weighted by Crippen LogP contribution is 2.26. The fourth-order valence-electron chi connectivity index (χ4n) is 2.11. The average molecular weight is 282 g/mol. The van der Waals surface area contributed by atoms with Gasteiger partial charge in [0.05, 0.1) is 15.8 Å². The zero-order chi connectivity index (χ0) is 14.8. The van der Waals surface area contributed by atoms with Crippen LogP contribution in [0.5, 0.6) is 5.75 Å². The minimum absolute atomic E-state index is 0.0428. The van der Waals surface area contributed by atoms with Crippen LogP contribution in [-0.2, 0) is 0 Å². The molecule has 0 spiro atoms. The first kappa shape index (κ1) is 12.9. The van der Waals surface area contributed by atoms with Crippen LogP contribution in [-0.4, -0.2) is 15.6 Å². The van der Waals surface area contributed by atoms with Crippen molar-refractivity contribution in [3.63, 3.8) is 0 Å². The van der Waals surface area contributed by atoms with E-state index in [2.05, 4.69) is 0 Å². The molecule has 0 aliphatic rings. The molecule has 0 aliphatic heterocycles. The van der Waals surface area contributed by atoms with E-state index in [0.717, 1.165) is 0 Å². The zero-order valence-electron chi connectivity index (χ0n) is 10.8. The molecule has 0 N–H and O–H groups in total. The van der Waals surface area contributed by atoms with E-state index in [9.17, 15) is 14.9 Å². The fraction of sp³-hybridized carbons (Fsp3) is 0. The Morgan fingerprint density at radius 1 is 1.05 bits per heavy atom. The molecule has 2 aromatic carbocycles. The van der Waals surface area contributed by atoms with Crippen LogP contribution in [0.25, 0.3) is 10.9 Å². The zero-order valence-corrected chi connectivity index (χ0v) is 10.8. The first-order valence-corrected chi connectivity index (χ1v) is 6.18. The van der Waals surface area contributed by atoms with Crippen molar-refractivity contribution in [1.29, 1.82) is 0 Å². The Bertz CT molecular complexity index is 824. The van der Waals surface area contributed by atoms with Crippen molar-refractivity contribution in [2.75, 3.05) is 0 Å². The molecule has 0 bridgehead atoms. The van der Waals surface area contributed by atoms with Crippen LogP contribution in [0.1, 0.15) is 0 Å². The summed E-state index contributed by atoms with van der Waals surface area (Å²) in [5.74, 6) is 0.412. The van der Waals surface area contributed by atoms with Crippen LogP contribution in [0.3, 0.4) is 0 Å². The second-order valence-electron chi connectivity index (χ2n) is 4.33. The summed E-state index contributed by atoms with van der Waals surface area (Å²) in [5.41, 5.74) is 0.392. The van der Waals surface area contributed by atoms with E-state index in [4.69, 9.17) is 4.74 Å². The minimum atomic E-state index is -0.614. The Morgan fingerprint density at radius 3 is 2.52 bits per heavy atom. The highest BCUT2D eigenvalue weighted by Gasteiger charge is 2.17. The summed E-state index contributed by atoms with van der Waals surface area (Å²) in [4.78, 5) is 22.6. The number of nitro groups is 1. The van der Waals surface area contributed by atoms with Crippen LogP contribution >= 0.6 is 0 Å². The number of non-ortho nitro benzene ring substituents is 1. The lowest BCUT2D eigenvalue weighted by atomic mass is 10.2. The third kappa shape index (κ3) is 2.34. The molecule has 0 atom stereocenters. The molecule has 3 aromatic rings. The molecule has 1 aromatic heterocycles. The number of carbonyl (C=O) groups is 1. The molecule has 1 heterocycles. The lowest BCUT2D eigenvalue weighted by Crippen LogP contribution is -2.15. The largest absolute Gasteiger partial charge is 0.423 e. The van der Waals surface area contributed by atoms with Crippen LogP contribution in [0, 0.1) is 10.1 Å². The number of nitro benzene ring substituents is 1. The SMILES string of the molecule is O=C(Oc1ccccc1)n1ccc2c([N+](=O)[O-])cccc21. The smallest absolute Gasteiger partial charge is 0.410 e. The van der Waals surface area contributed by atoms with Gasteiger partial charge in [0.2, 0.25) is 0 Å². The molecule has 3 rings (SSSR count). The maximum absolute atomic E-state index is 12.1. The van der Waals surface area contributed by atoms with E-state index in [1.165, 1.54) is 29.0 Å². The van der Waals surface area contributed by atoms with Crippen LogP contribution < -0.4 is 4.74 Å². The number of ether oxygens (including phenoxy) is 1. The molecule has 0 amide bonds. The van der Waals surface area contributed by atoms with E-state index in [1.54, 1.807) is 30.3 Å². The Morgan fingerprint density at radius 2 is 1.81 bits per heavy atom. The number of fused-ring (bicyclic) bond motifs is 1. The summed E-state index contributed by atoms with van der Waals surface area (Å²) in [6.07, 6.45) is 0.847. The second kappa shape index (κ2) is 5.09. The first-order valence-electron chi connectivity index (χ1n) is 6.18. The molecule has 6 nitrogen and oxygen atoms in total. The summed E-state index contributed by atoms with van der Waals surface area (Å²) in [6.45, 7) is 0. The summed E-state index contributed by atoms with van der Waals surface area (Å²) in [7, 11) is 0. The normalized spacial score (nSPS) is 10.5. The van der Waals surface area contributed by atoms with Gasteiger partial charge < -0.3 is 4.74 Å². The third-order valence-corrected chi connectivity index (χ3v) is 3.05. The molecular weight excluding hydrogens is 272 g/mol. The van der Waals surface area contributed by atoms with Crippen LogP contribution in [0.2, 0.25) is 0 Å². The average Bonchev–Trinajstić information content (AvgIpc) is 2.92. The van der Waals surface area contributed by atoms with Gasteiger partial charge in [-0.3, -0.25) is 14.7 Å². The summed E-state index contributed by atoms with van der Waals surface area (Å²) in [6, 6.07) is 14.7. The molecule has 0 aliphatic carbocycles. The first-order chi connectivity index (χ1) is 10.2. The van der Waals surface area contributed by atoms with Crippen molar-refractivity contribution in [2.45, 2.75) is 0 Å². The van der Waals surface area contributed by atoms with Gasteiger partial charge >= 0.3 is 6.09 Å². The van der Waals surface area contributed by atoms with Crippen molar-refractivity contribution in [3.8, 4) is 5.75 Å². The molecule has 104 valence electrons. The lowest BCUT2D eigenvalue weighted by molar-refractivity contribution is -0.383. The number of para-hydroxylation sites is 1. The Hall–Kier alpha value is -3.15. The monoisotopic (exact) mass is 282 g/mol. The van der Waals surface area contributed by atoms with Crippen molar-refractivity contribution in [2.24, 2.45) is 0 Å². The highest BCUT2D eigenvalue weighted by molar-refractivity contribution is 5.95. The van der Waals surface area contributed by atoms with E-state index in [1.807, 2.05) is 6.07 Å². The molecule has 0 saturated carbocycles. The summed E-state index contributed by atoms with van der Waals surface area (Å²) >= 11 is 0. The number of benzene rings is 2. The predicted molar refractivity (Wildman–Crippen MR) is 76.5 cm³/mol. The van der Waals surface area contributed by atoms with Crippen molar-refractivity contribution in [3.05, 3.63) is 70.9 Å². The van der Waals surface area contributed by atoms with Gasteiger partial charge in [-0.05, 0) is 24.3 Å². The Balaban J connectivity index is 2.00. The van der Waals surface area contributed by atoms with Gasteiger partial charge in [-0.15, -0.1) is 0 Å². The summed E-state index contributed by atoms with van der Waals surface area (Å²) in [5, 5.41) is 11.4. The lowest BCUT2D eigenvalue weighted by Gasteiger charge is -2.05. The number of aromatic nitrogens is 1. The molecule has 21 heavy (non-hydrogen) atoms. The van der Waals surface area contributed by atoms with Gasteiger partial charge in [0, 0.05) is 12.3 Å². The molecule has 0 radical (unpaired) electrons. The molecular formula is C15H10N2O4.